The molecule has 0 fully saturated rings. The van der Waals surface area contributed by atoms with Crippen LogP contribution in [0.1, 0.15) is 25.8 Å². The van der Waals surface area contributed by atoms with Crippen molar-refractivity contribution in [2.75, 3.05) is 11.0 Å². The quantitative estimate of drug-likeness (QED) is 0.617. The number of aromatic nitrogens is 1. The Hall–Kier alpha value is -0.620. The number of benzene rings is 1. The van der Waals surface area contributed by atoms with Gasteiger partial charge in [0.1, 0.15) is 0 Å². The number of hydrogen-bond donors (Lipinski definition) is 1. The Morgan fingerprint density at radius 1 is 1.47 bits per heavy atom. The summed E-state index contributed by atoms with van der Waals surface area (Å²) >= 11 is 2.00. The molecule has 1 aromatic heterocycles. The fourth-order valence-corrected chi connectivity index (χ4v) is 5.94. The summed E-state index contributed by atoms with van der Waals surface area (Å²) < 4.78 is 3.97. The predicted octanol–water partition coefficient (Wildman–Crippen LogP) is 0.545. The number of halogens is 1. The zero-order valence-corrected chi connectivity index (χ0v) is 14.2. The minimum atomic E-state index is 0.127. The van der Waals surface area contributed by atoms with E-state index in [0.29, 0.717) is 0 Å². The van der Waals surface area contributed by atoms with Crippen LogP contribution in [0.2, 0.25) is 0 Å². The first-order valence-electron chi connectivity index (χ1n) is 6.70. The Bertz CT molecular complexity index is 618. The monoisotopic (exact) mass is 385 g/mol. The molecule has 2 heterocycles. The molecule has 0 radical (unpaired) electrons. The standard InChI is InChI=1S/C15H18IN2S/c1-3-16-15-18-13-8-11(5-7-14(13)19-15)12-6-4-10(2)9-17-12/h5-8,10,17H,3-4,9H2,1-2H3/q-1/t10-/m0/s1. The number of rotatable bonds is 3. The number of nitrogens with zero attached hydrogens (tertiary/aromatic N) is 1. The van der Waals surface area contributed by atoms with Crippen LogP contribution in [0.4, 0.5) is 0 Å². The maximum atomic E-state index is 4.79. The first-order chi connectivity index (χ1) is 9.26. The molecule has 19 heavy (non-hydrogen) atoms. The van der Waals surface area contributed by atoms with Crippen LogP contribution in [0.5, 0.6) is 0 Å². The number of hydrogen-bond acceptors (Lipinski definition) is 3. The summed E-state index contributed by atoms with van der Waals surface area (Å²) in [6.45, 7) is 5.61. The molecule has 0 aliphatic carbocycles. The molecule has 0 saturated carbocycles. The van der Waals surface area contributed by atoms with E-state index in [1.165, 1.54) is 35.3 Å². The second-order valence-electron chi connectivity index (χ2n) is 4.89. The van der Waals surface area contributed by atoms with Crippen molar-refractivity contribution >= 4 is 27.3 Å². The molecule has 0 saturated heterocycles. The maximum absolute atomic E-state index is 4.79. The van der Waals surface area contributed by atoms with Crippen LogP contribution in [-0.4, -0.2) is 16.0 Å². The van der Waals surface area contributed by atoms with E-state index in [-0.39, 0.29) is 21.2 Å². The molecule has 0 bridgehead atoms. The van der Waals surface area contributed by atoms with Gasteiger partial charge in [0, 0.05) is 0 Å². The normalized spacial score (nSPS) is 19.5. The van der Waals surface area contributed by atoms with Gasteiger partial charge in [-0.25, -0.2) is 0 Å². The van der Waals surface area contributed by atoms with E-state index in [1.807, 2.05) is 11.3 Å². The molecule has 0 amide bonds. The molecule has 2 nitrogen and oxygen atoms in total. The topological polar surface area (TPSA) is 24.9 Å². The van der Waals surface area contributed by atoms with Gasteiger partial charge >= 0.3 is 129 Å². The van der Waals surface area contributed by atoms with E-state index in [0.717, 1.165) is 12.5 Å². The van der Waals surface area contributed by atoms with Crippen LogP contribution >= 0.6 is 11.3 Å². The summed E-state index contributed by atoms with van der Waals surface area (Å²) in [4.78, 5) is 4.79. The summed E-state index contributed by atoms with van der Waals surface area (Å²) in [5.41, 5.74) is 3.73. The third-order valence-corrected chi connectivity index (χ3v) is 7.16. The van der Waals surface area contributed by atoms with Crippen molar-refractivity contribution in [3.05, 3.63) is 32.9 Å². The van der Waals surface area contributed by atoms with Gasteiger partial charge in [0.15, 0.2) is 0 Å². The van der Waals surface area contributed by atoms with Crippen LogP contribution in [0.15, 0.2) is 24.3 Å². The summed E-state index contributed by atoms with van der Waals surface area (Å²) in [6, 6.07) is 6.69. The molecule has 1 aliphatic heterocycles. The third-order valence-electron chi connectivity index (χ3n) is 3.29. The van der Waals surface area contributed by atoms with E-state index in [4.69, 9.17) is 4.98 Å². The molecular formula is C15H18IN2S-. The van der Waals surface area contributed by atoms with Crippen LogP contribution in [-0.2, 0) is 0 Å². The Morgan fingerprint density at radius 3 is 3.11 bits per heavy atom. The van der Waals surface area contributed by atoms with Crippen LogP contribution in [0.3, 0.4) is 0 Å². The van der Waals surface area contributed by atoms with Gasteiger partial charge in [-0.05, 0) is 0 Å². The zero-order valence-electron chi connectivity index (χ0n) is 11.2. The predicted molar refractivity (Wildman–Crippen MR) is 78.6 cm³/mol. The van der Waals surface area contributed by atoms with Gasteiger partial charge in [0.2, 0.25) is 0 Å². The van der Waals surface area contributed by atoms with Gasteiger partial charge in [-0.2, -0.15) is 0 Å². The summed E-state index contributed by atoms with van der Waals surface area (Å²) in [5.74, 6) is 0.743. The van der Waals surface area contributed by atoms with Crippen molar-refractivity contribution in [2.24, 2.45) is 5.92 Å². The average Bonchev–Trinajstić information content (AvgIpc) is 2.81. The fourth-order valence-electron chi connectivity index (χ4n) is 2.22. The molecule has 1 aromatic carbocycles. The average molecular weight is 385 g/mol. The van der Waals surface area contributed by atoms with E-state index in [1.54, 1.807) is 0 Å². The Labute approximate surface area is 128 Å². The van der Waals surface area contributed by atoms with Crippen molar-refractivity contribution in [3.63, 3.8) is 0 Å². The third kappa shape index (κ3) is 2.94. The number of alkyl halides is 1. The van der Waals surface area contributed by atoms with E-state index in [9.17, 15) is 0 Å². The molecule has 0 spiro atoms. The van der Waals surface area contributed by atoms with Gasteiger partial charge < -0.3 is 0 Å². The number of nitrogens with one attached hydrogen (secondary N) is 1. The number of thiazole rings is 1. The SMILES string of the molecule is CC[I-]c1nc2cc(C3=CC[C@H](C)CN3)ccc2s1. The number of fused-ring (bicyclic) bond motifs is 1. The Morgan fingerprint density at radius 2 is 2.37 bits per heavy atom. The molecule has 3 rings (SSSR count). The van der Waals surface area contributed by atoms with Crippen molar-refractivity contribution in [1.29, 1.82) is 0 Å². The zero-order chi connectivity index (χ0) is 13.2. The fraction of sp³-hybridized carbons (Fsp3) is 0.400. The van der Waals surface area contributed by atoms with Crippen molar-refractivity contribution < 1.29 is 21.2 Å². The van der Waals surface area contributed by atoms with Crippen molar-refractivity contribution in [1.82, 2.24) is 10.3 Å². The van der Waals surface area contributed by atoms with Crippen LogP contribution in [0, 0.1) is 8.93 Å². The van der Waals surface area contributed by atoms with Gasteiger partial charge in [0.25, 0.3) is 0 Å². The molecule has 4 heteroatoms. The van der Waals surface area contributed by atoms with Gasteiger partial charge in [-0.3, -0.25) is 0 Å². The molecule has 1 aliphatic rings. The number of allylic oxidation sites excluding steroid dienone is 1. The van der Waals surface area contributed by atoms with Crippen LogP contribution < -0.4 is 26.5 Å². The molecule has 0 unspecified atom stereocenters. The van der Waals surface area contributed by atoms with E-state index < -0.39 is 0 Å². The molecule has 1 N–H and O–H groups in total. The van der Waals surface area contributed by atoms with Gasteiger partial charge in [-0.15, -0.1) is 0 Å². The first-order valence-corrected chi connectivity index (χ1v) is 10.1. The summed E-state index contributed by atoms with van der Waals surface area (Å²) in [7, 11) is 0. The van der Waals surface area contributed by atoms with E-state index in [2.05, 4.69) is 43.4 Å². The van der Waals surface area contributed by atoms with Gasteiger partial charge in [0.05, 0.1) is 0 Å². The van der Waals surface area contributed by atoms with Crippen molar-refractivity contribution in [2.45, 2.75) is 20.3 Å². The molecule has 1 atom stereocenters. The van der Waals surface area contributed by atoms with E-state index >= 15 is 0 Å². The Balaban J connectivity index is 1.92. The Kier molecular flexibility index (Phi) is 4.07. The summed E-state index contributed by atoms with van der Waals surface area (Å²) in [6.07, 6.45) is 3.49. The van der Waals surface area contributed by atoms with Gasteiger partial charge in [-0.1, -0.05) is 0 Å². The van der Waals surface area contributed by atoms with Crippen LogP contribution in [0.25, 0.3) is 15.9 Å². The molecule has 102 valence electrons. The first kappa shape index (κ1) is 13.4. The minimum absolute atomic E-state index is 0.127. The molecular weight excluding hydrogens is 367 g/mol. The summed E-state index contributed by atoms with van der Waals surface area (Å²) in [5, 5.41) is 3.53. The molecule has 2 aromatic rings. The van der Waals surface area contributed by atoms with Crippen molar-refractivity contribution in [3.8, 4) is 0 Å². The second-order valence-corrected chi connectivity index (χ2v) is 9.96. The second kappa shape index (κ2) is 5.79.